The first-order valence-corrected chi connectivity index (χ1v) is 8.70. The smallest absolute Gasteiger partial charge is 0.392 e. The number of aliphatic hydroxyl groups is 2. The summed E-state index contributed by atoms with van der Waals surface area (Å²) in [6.45, 7) is 2.01. The van der Waals surface area contributed by atoms with Gasteiger partial charge < -0.3 is 15.5 Å². The van der Waals surface area contributed by atoms with Crippen LogP contribution in [-0.2, 0) is 12.7 Å². The minimum atomic E-state index is -4.67. The van der Waals surface area contributed by atoms with Gasteiger partial charge in [0.25, 0.3) is 5.56 Å². The molecule has 10 heteroatoms. The van der Waals surface area contributed by atoms with E-state index < -0.39 is 29.6 Å². The highest BCUT2D eigenvalue weighted by atomic mass is 19.4. The number of pyridine rings is 1. The van der Waals surface area contributed by atoms with Crippen molar-refractivity contribution in [3.05, 3.63) is 34.0 Å². The molecule has 1 fully saturated rings. The van der Waals surface area contributed by atoms with Crippen LogP contribution in [0.3, 0.4) is 0 Å². The molecule has 7 nitrogen and oxygen atoms in total. The van der Waals surface area contributed by atoms with Crippen molar-refractivity contribution in [2.45, 2.75) is 64.6 Å². The second-order valence-electron chi connectivity index (χ2n) is 6.88. The second-order valence-corrected chi connectivity index (χ2v) is 6.88. The Kier molecular flexibility index (Phi) is 6.79. The lowest BCUT2D eigenvalue weighted by atomic mass is 9.96. The molecule has 3 N–H and O–H groups in total. The van der Waals surface area contributed by atoms with Gasteiger partial charge in [-0.15, -0.1) is 0 Å². The lowest BCUT2D eigenvalue weighted by molar-refractivity contribution is -0.141. The molecule has 156 valence electrons. The normalized spacial score (nSPS) is 21.4. The van der Waals surface area contributed by atoms with Crippen molar-refractivity contribution in [1.29, 1.82) is 0 Å². The summed E-state index contributed by atoms with van der Waals surface area (Å²) in [5, 5.41) is 23.3. The average Bonchev–Trinajstić information content (AvgIpc) is 2.59. The van der Waals surface area contributed by atoms with Crippen molar-refractivity contribution in [3.8, 4) is 0 Å². The first kappa shape index (κ1) is 22.3. The van der Waals surface area contributed by atoms with Gasteiger partial charge in [0.1, 0.15) is 5.69 Å². The van der Waals surface area contributed by atoms with Crippen molar-refractivity contribution in [2.75, 3.05) is 6.54 Å². The summed E-state index contributed by atoms with van der Waals surface area (Å²) in [5.41, 5.74) is -1.98. The number of fused-ring (bicyclic) bond motifs is 1. The molecule has 3 heterocycles. The van der Waals surface area contributed by atoms with Crippen molar-refractivity contribution in [2.24, 2.45) is 0 Å². The van der Waals surface area contributed by atoms with E-state index in [1.165, 1.54) is 13.3 Å². The third kappa shape index (κ3) is 4.68. The molecule has 0 bridgehead atoms. The summed E-state index contributed by atoms with van der Waals surface area (Å²) < 4.78 is 40.0. The summed E-state index contributed by atoms with van der Waals surface area (Å²) in [6.07, 6.45) is -3.35. The number of aryl methyl sites for hydroxylation is 1. The minimum Gasteiger partial charge on any atom is -0.392 e. The molecule has 0 aliphatic carbocycles. The van der Waals surface area contributed by atoms with E-state index in [1.54, 1.807) is 0 Å². The standard InChI is InChI=1S/C17H21F3N4O3.CH4/c1-9-5-13(17(18,19)20)23-15-14(9)22-8-24(16(15)27)7-10(25)6-11-12(26)3-2-4-21-11;/h5,8,10-12,21,25-26H,2-4,6-7H2,1H3;1H4/t10-,11+,12-;/m0./s1. The molecule has 2 aromatic rings. The number of hydrogen-bond acceptors (Lipinski definition) is 6. The number of aliphatic hydroxyl groups excluding tert-OH is 2. The van der Waals surface area contributed by atoms with E-state index in [2.05, 4.69) is 15.3 Å². The molecule has 0 aromatic carbocycles. The Labute approximate surface area is 160 Å². The SMILES string of the molecule is C.Cc1cc(C(F)(F)F)nc2c(=O)n(C[C@@H](O)C[C@H]3NCCC[C@@H]3O)cnc12. The molecule has 0 unspecified atom stereocenters. The number of nitrogens with one attached hydrogen (secondary N) is 1. The maximum Gasteiger partial charge on any atom is 0.433 e. The van der Waals surface area contributed by atoms with Gasteiger partial charge in [-0.3, -0.25) is 9.36 Å². The predicted octanol–water partition coefficient (Wildman–Crippen LogP) is 1.62. The Morgan fingerprint density at radius 3 is 2.75 bits per heavy atom. The van der Waals surface area contributed by atoms with Crippen molar-refractivity contribution < 1.29 is 23.4 Å². The van der Waals surface area contributed by atoms with Gasteiger partial charge in [-0.25, -0.2) is 9.97 Å². The molecule has 1 aliphatic heterocycles. The molecule has 0 spiro atoms. The first-order chi connectivity index (χ1) is 12.7. The molecule has 0 amide bonds. The van der Waals surface area contributed by atoms with Crippen LogP contribution < -0.4 is 10.9 Å². The van der Waals surface area contributed by atoms with Crippen LogP contribution in [0.25, 0.3) is 11.0 Å². The zero-order chi connectivity index (χ0) is 19.8. The van der Waals surface area contributed by atoms with Crippen LogP contribution in [0.1, 0.15) is 37.9 Å². The van der Waals surface area contributed by atoms with E-state index in [9.17, 15) is 28.2 Å². The van der Waals surface area contributed by atoms with Crippen LogP contribution in [0.2, 0.25) is 0 Å². The summed E-state index contributed by atoms with van der Waals surface area (Å²) in [6, 6.07) is 0.555. The fourth-order valence-electron chi connectivity index (χ4n) is 3.34. The van der Waals surface area contributed by atoms with Gasteiger partial charge in [0.15, 0.2) is 5.52 Å². The molecule has 28 heavy (non-hydrogen) atoms. The highest BCUT2D eigenvalue weighted by Gasteiger charge is 2.33. The molecular weight excluding hydrogens is 377 g/mol. The predicted molar refractivity (Wildman–Crippen MR) is 97.9 cm³/mol. The third-order valence-corrected chi connectivity index (χ3v) is 4.74. The third-order valence-electron chi connectivity index (χ3n) is 4.74. The number of aromatic nitrogens is 3. The zero-order valence-electron chi connectivity index (χ0n) is 14.7. The van der Waals surface area contributed by atoms with Gasteiger partial charge in [0.05, 0.1) is 30.6 Å². The second kappa shape index (κ2) is 8.54. The Morgan fingerprint density at radius 1 is 1.39 bits per heavy atom. The Hall–Kier alpha value is -2.04. The monoisotopic (exact) mass is 402 g/mol. The Morgan fingerprint density at radius 2 is 2.11 bits per heavy atom. The summed E-state index contributed by atoms with van der Waals surface area (Å²) >= 11 is 0. The van der Waals surface area contributed by atoms with E-state index in [0.717, 1.165) is 23.6 Å². The van der Waals surface area contributed by atoms with Crippen molar-refractivity contribution in [1.82, 2.24) is 19.9 Å². The molecular formula is C18H25F3N4O3. The fraction of sp³-hybridized carbons (Fsp3) is 0.611. The number of hydrogen-bond donors (Lipinski definition) is 3. The molecule has 1 aliphatic rings. The van der Waals surface area contributed by atoms with E-state index in [-0.39, 0.29) is 43.0 Å². The van der Waals surface area contributed by atoms with Gasteiger partial charge in [-0.05, 0) is 44.4 Å². The highest BCUT2D eigenvalue weighted by Crippen LogP contribution is 2.29. The first-order valence-electron chi connectivity index (χ1n) is 8.70. The largest absolute Gasteiger partial charge is 0.433 e. The van der Waals surface area contributed by atoms with Crippen LogP contribution in [0.5, 0.6) is 0 Å². The van der Waals surface area contributed by atoms with Gasteiger partial charge in [0.2, 0.25) is 0 Å². The Bertz CT molecular complexity index is 885. The minimum absolute atomic E-state index is 0. The van der Waals surface area contributed by atoms with E-state index >= 15 is 0 Å². The number of rotatable bonds is 4. The summed E-state index contributed by atoms with van der Waals surface area (Å²) in [7, 11) is 0. The summed E-state index contributed by atoms with van der Waals surface area (Å²) in [4.78, 5) is 20.1. The van der Waals surface area contributed by atoms with Crippen LogP contribution in [0.15, 0.2) is 17.2 Å². The van der Waals surface area contributed by atoms with Gasteiger partial charge >= 0.3 is 6.18 Å². The molecule has 3 rings (SSSR count). The Balaban J connectivity index is 0.00000280. The number of halogens is 3. The lowest BCUT2D eigenvalue weighted by Gasteiger charge is -2.30. The van der Waals surface area contributed by atoms with Crippen LogP contribution in [0.4, 0.5) is 13.2 Å². The quantitative estimate of drug-likeness (QED) is 0.719. The molecule has 0 saturated carbocycles. The zero-order valence-corrected chi connectivity index (χ0v) is 14.7. The molecule has 0 radical (unpaired) electrons. The lowest BCUT2D eigenvalue weighted by Crippen LogP contribution is -2.47. The number of piperidine rings is 1. The van der Waals surface area contributed by atoms with Gasteiger partial charge in [-0.1, -0.05) is 7.43 Å². The van der Waals surface area contributed by atoms with E-state index in [1.807, 2.05) is 0 Å². The van der Waals surface area contributed by atoms with Crippen LogP contribution in [0, 0.1) is 6.92 Å². The number of alkyl halides is 3. The van der Waals surface area contributed by atoms with Crippen molar-refractivity contribution >= 4 is 11.0 Å². The fourth-order valence-corrected chi connectivity index (χ4v) is 3.34. The summed E-state index contributed by atoms with van der Waals surface area (Å²) in [5.74, 6) is 0. The molecule has 2 aromatic heterocycles. The molecule has 1 saturated heterocycles. The van der Waals surface area contributed by atoms with Crippen molar-refractivity contribution in [3.63, 3.8) is 0 Å². The van der Waals surface area contributed by atoms with Crippen LogP contribution >= 0.6 is 0 Å². The van der Waals surface area contributed by atoms with Crippen LogP contribution in [-0.4, -0.2) is 49.5 Å². The van der Waals surface area contributed by atoms with E-state index in [4.69, 9.17) is 0 Å². The topological polar surface area (TPSA) is 100 Å². The number of nitrogens with zero attached hydrogens (tertiary/aromatic N) is 3. The van der Waals surface area contributed by atoms with E-state index in [0.29, 0.717) is 6.42 Å². The maximum atomic E-state index is 13.0. The highest BCUT2D eigenvalue weighted by molar-refractivity contribution is 5.76. The maximum absolute atomic E-state index is 13.0. The van der Waals surface area contributed by atoms with Gasteiger partial charge in [-0.2, -0.15) is 13.2 Å². The van der Waals surface area contributed by atoms with Gasteiger partial charge in [0, 0.05) is 6.04 Å². The molecule has 3 atom stereocenters. The average molecular weight is 402 g/mol.